The normalized spacial score (nSPS) is 18.7. The molecule has 1 saturated heterocycles. The van der Waals surface area contributed by atoms with E-state index in [1.807, 2.05) is 41.2 Å². The molecule has 1 atom stereocenters. The van der Waals surface area contributed by atoms with Gasteiger partial charge in [-0.15, -0.1) is 0 Å². The third-order valence-corrected chi connectivity index (χ3v) is 3.52. The number of hydrogen-bond acceptors (Lipinski definition) is 3. The number of anilines is 1. The number of rotatable bonds is 3. The summed E-state index contributed by atoms with van der Waals surface area (Å²) in [7, 11) is 0. The van der Waals surface area contributed by atoms with Crippen LogP contribution in [0.5, 0.6) is 0 Å². The second-order valence-electron chi connectivity index (χ2n) is 5.00. The number of amides is 1. The molecule has 1 aliphatic heterocycles. The van der Waals surface area contributed by atoms with E-state index in [2.05, 4.69) is 15.7 Å². The minimum atomic E-state index is -0.168. The first-order valence-electron chi connectivity index (χ1n) is 6.95. The fourth-order valence-corrected chi connectivity index (χ4v) is 2.44. The molecule has 2 aromatic rings. The Labute approximate surface area is 118 Å². The predicted molar refractivity (Wildman–Crippen MR) is 77.8 cm³/mol. The maximum atomic E-state index is 12.1. The summed E-state index contributed by atoms with van der Waals surface area (Å²) in [5, 5.41) is 10.6. The number of carbonyl (C=O) groups excluding carboxylic acids is 1. The van der Waals surface area contributed by atoms with E-state index in [0.717, 1.165) is 31.6 Å². The van der Waals surface area contributed by atoms with Crippen LogP contribution in [0.2, 0.25) is 0 Å². The molecular weight excluding hydrogens is 252 g/mol. The van der Waals surface area contributed by atoms with Crippen LogP contribution in [-0.4, -0.2) is 28.8 Å². The fraction of sp³-hybridized carbons (Fsp3) is 0.333. The average molecular weight is 270 g/mol. The Morgan fingerprint density at radius 3 is 2.90 bits per heavy atom. The van der Waals surface area contributed by atoms with E-state index in [1.54, 1.807) is 6.07 Å². The van der Waals surface area contributed by atoms with Crippen LogP contribution in [0.3, 0.4) is 0 Å². The Kier molecular flexibility index (Phi) is 3.78. The number of benzene rings is 1. The minimum Gasteiger partial charge on any atom is -0.321 e. The molecule has 1 aliphatic rings. The van der Waals surface area contributed by atoms with Crippen LogP contribution in [0.15, 0.2) is 42.6 Å². The van der Waals surface area contributed by atoms with Crippen molar-refractivity contribution in [2.24, 2.45) is 0 Å². The van der Waals surface area contributed by atoms with Gasteiger partial charge in [0.2, 0.25) is 0 Å². The summed E-state index contributed by atoms with van der Waals surface area (Å²) < 4.78 is 1.89. The van der Waals surface area contributed by atoms with Gasteiger partial charge < -0.3 is 10.6 Å². The highest BCUT2D eigenvalue weighted by atomic mass is 16.1. The molecule has 1 aromatic carbocycles. The van der Waals surface area contributed by atoms with Crippen LogP contribution in [0, 0.1) is 0 Å². The van der Waals surface area contributed by atoms with Crippen molar-refractivity contribution >= 4 is 11.6 Å². The minimum absolute atomic E-state index is 0.168. The number of piperidine rings is 1. The van der Waals surface area contributed by atoms with E-state index in [4.69, 9.17) is 0 Å². The van der Waals surface area contributed by atoms with Gasteiger partial charge in [-0.2, -0.15) is 5.10 Å². The maximum Gasteiger partial charge on any atom is 0.276 e. The highest BCUT2D eigenvalue weighted by Gasteiger charge is 2.17. The van der Waals surface area contributed by atoms with Crippen LogP contribution in [0.25, 0.3) is 0 Å². The third-order valence-electron chi connectivity index (χ3n) is 3.52. The number of hydrogen-bond donors (Lipinski definition) is 2. The first-order chi connectivity index (χ1) is 9.83. The summed E-state index contributed by atoms with van der Waals surface area (Å²) in [6, 6.07) is 11.5. The number of nitrogens with one attached hydrogen (secondary N) is 2. The summed E-state index contributed by atoms with van der Waals surface area (Å²) in [5.41, 5.74) is 1.24. The topological polar surface area (TPSA) is 59.0 Å². The lowest BCUT2D eigenvalue weighted by atomic mass is 10.1. The van der Waals surface area contributed by atoms with E-state index in [9.17, 15) is 4.79 Å². The quantitative estimate of drug-likeness (QED) is 0.897. The predicted octanol–water partition coefficient (Wildman–Crippen LogP) is 2.06. The van der Waals surface area contributed by atoms with Gasteiger partial charge in [-0.05, 0) is 37.6 Å². The Morgan fingerprint density at radius 1 is 1.30 bits per heavy atom. The molecule has 5 nitrogen and oxygen atoms in total. The Morgan fingerprint density at radius 2 is 2.15 bits per heavy atom. The Hall–Kier alpha value is -2.14. The van der Waals surface area contributed by atoms with Crippen molar-refractivity contribution in [2.45, 2.75) is 18.9 Å². The van der Waals surface area contributed by atoms with Crippen molar-refractivity contribution in [2.75, 3.05) is 18.4 Å². The number of aromatic nitrogens is 2. The number of para-hydroxylation sites is 1. The molecule has 1 aromatic heterocycles. The maximum absolute atomic E-state index is 12.1. The lowest BCUT2D eigenvalue weighted by Crippen LogP contribution is -2.32. The summed E-state index contributed by atoms with van der Waals surface area (Å²) in [6.45, 7) is 1.99. The van der Waals surface area contributed by atoms with Crippen molar-refractivity contribution < 1.29 is 4.79 Å². The molecule has 2 N–H and O–H groups in total. The lowest BCUT2D eigenvalue weighted by molar-refractivity contribution is 0.102. The summed E-state index contributed by atoms with van der Waals surface area (Å²) in [5.74, 6) is -0.168. The molecule has 104 valence electrons. The van der Waals surface area contributed by atoms with Crippen molar-refractivity contribution in [1.82, 2.24) is 15.1 Å². The van der Waals surface area contributed by atoms with Crippen LogP contribution in [0.4, 0.5) is 5.69 Å². The molecule has 1 fully saturated rings. The first kappa shape index (κ1) is 12.9. The van der Waals surface area contributed by atoms with Crippen molar-refractivity contribution in [3.63, 3.8) is 0 Å². The Bertz CT molecular complexity index is 573. The fourth-order valence-electron chi connectivity index (χ4n) is 2.44. The smallest absolute Gasteiger partial charge is 0.276 e. The highest BCUT2D eigenvalue weighted by Crippen LogP contribution is 2.16. The molecule has 1 unspecified atom stereocenters. The molecule has 5 heteroatoms. The summed E-state index contributed by atoms with van der Waals surface area (Å²) in [4.78, 5) is 12.1. The zero-order chi connectivity index (χ0) is 13.8. The molecule has 0 saturated carbocycles. The molecule has 3 rings (SSSR count). The lowest BCUT2D eigenvalue weighted by Gasteiger charge is -2.22. The summed E-state index contributed by atoms with van der Waals surface area (Å²) >= 11 is 0. The van der Waals surface area contributed by atoms with Crippen LogP contribution < -0.4 is 10.6 Å². The monoisotopic (exact) mass is 270 g/mol. The molecule has 0 aliphatic carbocycles. The molecular formula is C15H18N4O. The second kappa shape index (κ2) is 5.88. The van der Waals surface area contributed by atoms with Gasteiger partial charge in [0.25, 0.3) is 5.91 Å². The zero-order valence-corrected chi connectivity index (χ0v) is 11.2. The number of nitrogens with zero attached hydrogens (tertiary/aromatic N) is 2. The average Bonchev–Trinajstić information content (AvgIpc) is 2.99. The molecule has 0 spiro atoms. The van der Waals surface area contributed by atoms with Gasteiger partial charge in [0.05, 0.1) is 6.04 Å². The molecule has 0 bridgehead atoms. The van der Waals surface area contributed by atoms with Gasteiger partial charge in [0.15, 0.2) is 5.69 Å². The van der Waals surface area contributed by atoms with Crippen molar-refractivity contribution in [3.8, 4) is 0 Å². The van der Waals surface area contributed by atoms with E-state index >= 15 is 0 Å². The van der Waals surface area contributed by atoms with Gasteiger partial charge in [0, 0.05) is 18.4 Å². The molecule has 2 heterocycles. The van der Waals surface area contributed by atoms with Gasteiger partial charge in [-0.1, -0.05) is 18.2 Å². The van der Waals surface area contributed by atoms with Crippen LogP contribution in [0.1, 0.15) is 29.4 Å². The van der Waals surface area contributed by atoms with Gasteiger partial charge in [-0.3, -0.25) is 9.48 Å². The Balaban J connectivity index is 1.68. The third kappa shape index (κ3) is 2.88. The van der Waals surface area contributed by atoms with Crippen molar-refractivity contribution in [3.05, 3.63) is 48.3 Å². The SMILES string of the molecule is O=C(Nc1ccccc1)c1ccn(C2CCCNC2)n1. The van der Waals surface area contributed by atoms with Gasteiger partial charge in [0.1, 0.15) is 0 Å². The van der Waals surface area contributed by atoms with Gasteiger partial charge >= 0.3 is 0 Å². The standard InChI is InChI=1S/C15H18N4O/c20-15(17-12-5-2-1-3-6-12)14-8-10-19(18-14)13-7-4-9-16-11-13/h1-3,5-6,8,10,13,16H,4,7,9,11H2,(H,17,20). The van der Waals surface area contributed by atoms with Crippen LogP contribution in [-0.2, 0) is 0 Å². The van der Waals surface area contributed by atoms with E-state index < -0.39 is 0 Å². The highest BCUT2D eigenvalue weighted by molar-refractivity contribution is 6.02. The zero-order valence-electron chi connectivity index (χ0n) is 11.2. The molecule has 0 radical (unpaired) electrons. The number of carbonyl (C=O) groups is 1. The van der Waals surface area contributed by atoms with E-state index in [-0.39, 0.29) is 5.91 Å². The largest absolute Gasteiger partial charge is 0.321 e. The van der Waals surface area contributed by atoms with E-state index in [0.29, 0.717) is 11.7 Å². The van der Waals surface area contributed by atoms with E-state index in [1.165, 1.54) is 0 Å². The molecule has 20 heavy (non-hydrogen) atoms. The van der Waals surface area contributed by atoms with Crippen LogP contribution >= 0.6 is 0 Å². The first-order valence-corrected chi connectivity index (χ1v) is 6.95. The summed E-state index contributed by atoms with van der Waals surface area (Å²) in [6.07, 6.45) is 4.14. The van der Waals surface area contributed by atoms with Gasteiger partial charge in [-0.25, -0.2) is 0 Å². The van der Waals surface area contributed by atoms with Crippen molar-refractivity contribution in [1.29, 1.82) is 0 Å². The second-order valence-corrected chi connectivity index (χ2v) is 5.00. The molecule has 1 amide bonds.